The van der Waals surface area contributed by atoms with Crippen LogP contribution in [0.2, 0.25) is 5.02 Å². The van der Waals surface area contributed by atoms with Crippen LogP contribution in [0.5, 0.6) is 0 Å². The quantitative estimate of drug-likeness (QED) is 0.743. The Balaban J connectivity index is 2.09. The third kappa shape index (κ3) is 3.97. The first-order valence-electron chi connectivity index (χ1n) is 6.88. The van der Waals surface area contributed by atoms with E-state index in [0.717, 1.165) is 22.0 Å². The lowest BCUT2D eigenvalue weighted by Gasteiger charge is -2.30. The molecule has 1 unspecified atom stereocenters. The Morgan fingerprint density at radius 2 is 2.17 bits per heavy atom. The van der Waals surface area contributed by atoms with Gasteiger partial charge in [0.2, 0.25) is 0 Å². The predicted molar refractivity (Wildman–Crippen MR) is 82.1 cm³/mol. The minimum absolute atomic E-state index is 0.449. The van der Waals surface area contributed by atoms with Crippen LogP contribution in [0.3, 0.4) is 0 Å². The fourth-order valence-electron chi connectivity index (χ4n) is 2.49. The van der Waals surface area contributed by atoms with Gasteiger partial charge in [0, 0.05) is 15.5 Å². The average Bonchev–Trinajstić information content (AvgIpc) is 2.25. The predicted octanol–water partition coefficient (Wildman–Crippen LogP) is 5.33. The largest absolute Gasteiger partial charge is 0.310 e. The zero-order chi connectivity index (χ0) is 13.0. The van der Waals surface area contributed by atoms with E-state index in [-0.39, 0.29) is 0 Å². The topological polar surface area (TPSA) is 12.0 Å². The van der Waals surface area contributed by atoms with E-state index >= 15 is 0 Å². The Labute approximate surface area is 123 Å². The van der Waals surface area contributed by atoms with Crippen LogP contribution in [0, 0.1) is 5.92 Å². The first kappa shape index (κ1) is 14.4. The van der Waals surface area contributed by atoms with Crippen LogP contribution in [0.15, 0.2) is 22.7 Å². The highest BCUT2D eigenvalue weighted by Gasteiger charge is 2.23. The average molecular weight is 331 g/mol. The lowest BCUT2D eigenvalue weighted by molar-refractivity contribution is 0.261. The van der Waals surface area contributed by atoms with Crippen molar-refractivity contribution in [3.8, 4) is 0 Å². The summed E-state index contributed by atoms with van der Waals surface area (Å²) in [5, 5.41) is 4.48. The van der Waals surface area contributed by atoms with Crippen molar-refractivity contribution in [3.63, 3.8) is 0 Å². The van der Waals surface area contributed by atoms with Crippen LogP contribution >= 0.6 is 27.5 Å². The van der Waals surface area contributed by atoms with Gasteiger partial charge in [-0.05, 0) is 49.1 Å². The molecule has 0 saturated heterocycles. The molecule has 100 valence electrons. The first-order valence-corrected chi connectivity index (χ1v) is 8.05. The summed E-state index contributed by atoms with van der Waals surface area (Å²) in [6.45, 7) is 3.28. The van der Waals surface area contributed by atoms with Gasteiger partial charge in [-0.3, -0.25) is 0 Å². The fourth-order valence-corrected chi connectivity index (χ4v) is 3.38. The van der Waals surface area contributed by atoms with E-state index in [9.17, 15) is 0 Å². The van der Waals surface area contributed by atoms with E-state index in [0.29, 0.717) is 6.04 Å². The van der Waals surface area contributed by atoms with Crippen LogP contribution in [0.4, 0.5) is 0 Å². The zero-order valence-corrected chi connectivity index (χ0v) is 13.2. The molecule has 1 atom stereocenters. The summed E-state index contributed by atoms with van der Waals surface area (Å²) in [4.78, 5) is 0. The molecule has 1 fully saturated rings. The van der Waals surface area contributed by atoms with Crippen molar-refractivity contribution >= 4 is 27.5 Å². The van der Waals surface area contributed by atoms with Gasteiger partial charge in [-0.1, -0.05) is 53.7 Å². The van der Waals surface area contributed by atoms with Gasteiger partial charge in [0.15, 0.2) is 0 Å². The fraction of sp³-hybridized carbons (Fsp3) is 0.600. The van der Waals surface area contributed by atoms with Crippen LogP contribution in [-0.2, 0) is 0 Å². The molecule has 1 aromatic carbocycles. The first-order chi connectivity index (χ1) is 8.69. The van der Waals surface area contributed by atoms with Crippen molar-refractivity contribution in [2.75, 3.05) is 6.54 Å². The number of halogens is 2. The molecule has 0 amide bonds. The third-order valence-electron chi connectivity index (χ3n) is 3.72. The van der Waals surface area contributed by atoms with Crippen molar-refractivity contribution in [3.05, 3.63) is 33.3 Å². The SMILES string of the molecule is CCCNC(CC1CCC1)c1cc(Cl)cc(Br)c1. The van der Waals surface area contributed by atoms with Crippen LogP contribution < -0.4 is 5.32 Å². The minimum atomic E-state index is 0.449. The Kier molecular flexibility index (Phi) is 5.53. The summed E-state index contributed by atoms with van der Waals surface area (Å²) in [5.41, 5.74) is 1.31. The second kappa shape index (κ2) is 6.93. The standard InChI is InChI=1S/C15H21BrClN/c1-2-6-18-15(7-11-4-3-5-11)12-8-13(16)10-14(17)9-12/h8-11,15,18H,2-7H2,1H3. The van der Waals surface area contributed by atoms with Crippen molar-refractivity contribution in [1.29, 1.82) is 0 Å². The van der Waals surface area contributed by atoms with Gasteiger partial charge in [0.25, 0.3) is 0 Å². The summed E-state index contributed by atoms with van der Waals surface area (Å²) < 4.78 is 1.07. The molecule has 2 rings (SSSR count). The maximum Gasteiger partial charge on any atom is 0.0420 e. The van der Waals surface area contributed by atoms with Gasteiger partial charge in [0.05, 0.1) is 0 Å². The summed E-state index contributed by atoms with van der Waals surface area (Å²) in [6.07, 6.45) is 6.61. The lowest BCUT2D eigenvalue weighted by Crippen LogP contribution is -2.26. The molecule has 0 spiro atoms. The van der Waals surface area contributed by atoms with Gasteiger partial charge in [-0.25, -0.2) is 0 Å². The minimum Gasteiger partial charge on any atom is -0.310 e. The summed E-state index contributed by atoms with van der Waals surface area (Å²) in [7, 11) is 0. The van der Waals surface area contributed by atoms with E-state index in [1.54, 1.807) is 0 Å². The van der Waals surface area contributed by atoms with E-state index < -0.39 is 0 Å². The van der Waals surface area contributed by atoms with Crippen molar-refractivity contribution in [2.45, 2.75) is 45.1 Å². The molecule has 1 aromatic rings. The van der Waals surface area contributed by atoms with Crippen molar-refractivity contribution in [1.82, 2.24) is 5.32 Å². The maximum atomic E-state index is 6.15. The molecule has 1 aliphatic rings. The van der Waals surface area contributed by atoms with Crippen molar-refractivity contribution in [2.24, 2.45) is 5.92 Å². The van der Waals surface area contributed by atoms with Crippen LogP contribution in [-0.4, -0.2) is 6.54 Å². The number of benzene rings is 1. The molecule has 1 aliphatic carbocycles. The smallest absolute Gasteiger partial charge is 0.0420 e. The Bertz CT molecular complexity index is 370. The zero-order valence-electron chi connectivity index (χ0n) is 10.9. The highest BCUT2D eigenvalue weighted by molar-refractivity contribution is 9.10. The highest BCUT2D eigenvalue weighted by Crippen LogP contribution is 2.36. The molecule has 1 N–H and O–H groups in total. The van der Waals surface area contributed by atoms with Crippen molar-refractivity contribution < 1.29 is 0 Å². The Hall–Kier alpha value is -0.0500. The molecule has 0 heterocycles. The van der Waals surface area contributed by atoms with Crippen LogP contribution in [0.1, 0.15) is 50.6 Å². The molecule has 0 bridgehead atoms. The maximum absolute atomic E-state index is 6.15. The van der Waals surface area contributed by atoms with Gasteiger partial charge in [-0.15, -0.1) is 0 Å². The number of rotatable bonds is 6. The molecule has 0 aliphatic heterocycles. The molecular weight excluding hydrogens is 310 g/mol. The molecule has 1 saturated carbocycles. The number of hydrogen-bond acceptors (Lipinski definition) is 1. The third-order valence-corrected chi connectivity index (χ3v) is 4.40. The Morgan fingerprint density at radius 1 is 1.39 bits per heavy atom. The molecule has 1 nitrogen and oxygen atoms in total. The molecule has 3 heteroatoms. The number of nitrogens with one attached hydrogen (secondary N) is 1. The summed E-state index contributed by atoms with van der Waals surface area (Å²) in [5.74, 6) is 0.900. The second-order valence-electron chi connectivity index (χ2n) is 5.24. The molecule has 0 radical (unpaired) electrons. The summed E-state index contributed by atoms with van der Waals surface area (Å²) >= 11 is 9.69. The molecular formula is C15H21BrClN. The monoisotopic (exact) mass is 329 g/mol. The van der Waals surface area contributed by atoms with E-state index in [1.807, 2.05) is 6.07 Å². The molecule has 0 aromatic heterocycles. The van der Waals surface area contributed by atoms with Gasteiger partial charge in [0.1, 0.15) is 0 Å². The number of hydrogen-bond donors (Lipinski definition) is 1. The van der Waals surface area contributed by atoms with Gasteiger partial charge in [-0.2, -0.15) is 0 Å². The normalized spacial score (nSPS) is 17.5. The molecule has 18 heavy (non-hydrogen) atoms. The Morgan fingerprint density at radius 3 is 2.72 bits per heavy atom. The van der Waals surface area contributed by atoms with E-state index in [4.69, 9.17) is 11.6 Å². The van der Waals surface area contributed by atoms with Crippen LogP contribution in [0.25, 0.3) is 0 Å². The summed E-state index contributed by atoms with van der Waals surface area (Å²) in [6, 6.07) is 6.69. The van der Waals surface area contributed by atoms with Gasteiger partial charge >= 0.3 is 0 Å². The highest BCUT2D eigenvalue weighted by atomic mass is 79.9. The van der Waals surface area contributed by atoms with E-state index in [1.165, 1.54) is 37.7 Å². The van der Waals surface area contributed by atoms with E-state index in [2.05, 4.69) is 40.3 Å². The second-order valence-corrected chi connectivity index (χ2v) is 6.59. The lowest BCUT2D eigenvalue weighted by atomic mass is 9.79. The van der Waals surface area contributed by atoms with Gasteiger partial charge < -0.3 is 5.32 Å².